The summed E-state index contributed by atoms with van der Waals surface area (Å²) in [5, 5.41) is 0.963. The molecule has 14 heavy (non-hydrogen) atoms. The van der Waals surface area contributed by atoms with Crippen LogP contribution >= 0.6 is 15.9 Å². The average molecular weight is 254 g/mol. The van der Waals surface area contributed by atoms with Crippen LogP contribution in [0.5, 0.6) is 5.75 Å². The van der Waals surface area contributed by atoms with E-state index >= 15 is 0 Å². The number of hydrogen-bond acceptors (Lipinski definition) is 2. The fraction of sp³-hybridized carbons (Fsp3) is 0.100. The maximum absolute atomic E-state index is 11.1. The highest BCUT2D eigenvalue weighted by molar-refractivity contribution is 9.10. The molecule has 0 aliphatic rings. The largest absolute Gasteiger partial charge is 0.497 e. The van der Waals surface area contributed by atoms with Crippen molar-refractivity contribution in [2.75, 3.05) is 7.11 Å². The van der Waals surface area contributed by atoms with E-state index in [4.69, 9.17) is 4.74 Å². The number of pyridine rings is 1. The van der Waals surface area contributed by atoms with E-state index in [-0.39, 0.29) is 5.56 Å². The topological polar surface area (TPSA) is 42.1 Å². The Morgan fingerprint density at radius 3 is 2.86 bits per heavy atom. The first-order valence-corrected chi connectivity index (χ1v) is 4.86. The number of hydrogen-bond donors (Lipinski definition) is 1. The fourth-order valence-electron chi connectivity index (χ4n) is 1.32. The molecule has 0 amide bonds. The summed E-state index contributed by atoms with van der Waals surface area (Å²) < 4.78 is 6.00. The lowest BCUT2D eigenvalue weighted by molar-refractivity contribution is 0.415. The number of methoxy groups -OCH3 is 1. The third-order valence-corrected chi connectivity index (χ3v) is 2.65. The van der Waals surface area contributed by atoms with E-state index < -0.39 is 0 Å². The van der Waals surface area contributed by atoms with Crippen molar-refractivity contribution < 1.29 is 4.74 Å². The van der Waals surface area contributed by atoms with Gasteiger partial charge in [0.1, 0.15) is 5.75 Å². The van der Waals surface area contributed by atoms with Crippen molar-refractivity contribution in [2.24, 2.45) is 0 Å². The van der Waals surface area contributed by atoms with Crippen LogP contribution in [0, 0.1) is 0 Å². The molecule has 0 aliphatic heterocycles. The molecular formula is C10H8BrNO2. The Bertz CT molecular complexity index is 533. The highest BCUT2D eigenvalue weighted by atomic mass is 79.9. The van der Waals surface area contributed by atoms with Crippen LogP contribution in [-0.2, 0) is 0 Å². The first-order chi connectivity index (χ1) is 6.70. The van der Waals surface area contributed by atoms with Crippen LogP contribution in [0.1, 0.15) is 0 Å². The van der Waals surface area contributed by atoms with Crippen LogP contribution < -0.4 is 10.3 Å². The number of fused-ring (bicyclic) bond motifs is 1. The van der Waals surface area contributed by atoms with E-state index in [0.717, 1.165) is 15.4 Å². The number of ether oxygens (including phenoxy) is 1. The molecule has 0 fully saturated rings. The number of benzene rings is 1. The molecule has 4 heteroatoms. The van der Waals surface area contributed by atoms with Crippen molar-refractivity contribution in [3.8, 4) is 5.75 Å². The maximum Gasteiger partial charge on any atom is 0.248 e. The Hall–Kier alpha value is -1.29. The maximum atomic E-state index is 11.1. The van der Waals surface area contributed by atoms with Crippen molar-refractivity contribution >= 4 is 26.8 Å². The number of aromatic nitrogens is 1. The van der Waals surface area contributed by atoms with Gasteiger partial charge in [-0.2, -0.15) is 0 Å². The number of halogens is 1. The minimum atomic E-state index is -0.113. The molecule has 1 aromatic carbocycles. The lowest BCUT2D eigenvalue weighted by Crippen LogP contribution is -2.02. The predicted octanol–water partition coefficient (Wildman–Crippen LogP) is 2.30. The number of H-pyrrole nitrogens is 1. The molecule has 0 saturated heterocycles. The van der Waals surface area contributed by atoms with Gasteiger partial charge in [0.2, 0.25) is 5.56 Å². The molecule has 0 saturated carbocycles. The first kappa shape index (κ1) is 9.27. The SMILES string of the molecule is COc1cc(Br)c2ccc(=O)[nH]c2c1. The van der Waals surface area contributed by atoms with Gasteiger partial charge in [-0.3, -0.25) is 4.79 Å². The monoisotopic (exact) mass is 253 g/mol. The lowest BCUT2D eigenvalue weighted by atomic mass is 10.2. The van der Waals surface area contributed by atoms with Crippen molar-refractivity contribution in [3.05, 3.63) is 39.1 Å². The first-order valence-electron chi connectivity index (χ1n) is 4.07. The smallest absolute Gasteiger partial charge is 0.248 e. The molecule has 1 heterocycles. The van der Waals surface area contributed by atoms with Gasteiger partial charge in [-0.05, 0) is 28.1 Å². The summed E-state index contributed by atoms with van der Waals surface area (Å²) in [7, 11) is 1.59. The molecule has 0 bridgehead atoms. The van der Waals surface area contributed by atoms with Crippen LogP contribution in [0.15, 0.2) is 33.5 Å². The van der Waals surface area contributed by atoms with E-state index in [9.17, 15) is 4.79 Å². The number of nitrogens with one attached hydrogen (secondary N) is 1. The van der Waals surface area contributed by atoms with E-state index in [0.29, 0.717) is 5.75 Å². The third kappa shape index (κ3) is 1.53. The molecule has 0 atom stereocenters. The number of aromatic amines is 1. The van der Waals surface area contributed by atoms with Crippen molar-refractivity contribution in [1.29, 1.82) is 0 Å². The van der Waals surface area contributed by atoms with E-state index in [1.807, 2.05) is 6.07 Å². The van der Waals surface area contributed by atoms with Crippen molar-refractivity contribution in [1.82, 2.24) is 4.98 Å². The number of rotatable bonds is 1. The zero-order chi connectivity index (χ0) is 10.1. The fourth-order valence-corrected chi connectivity index (χ4v) is 1.89. The summed E-state index contributed by atoms with van der Waals surface area (Å²) in [6.45, 7) is 0. The standard InChI is InChI=1S/C10H8BrNO2/c1-14-6-4-8(11)7-2-3-10(13)12-9(7)5-6/h2-5H,1H3,(H,12,13). The Kier molecular flexibility index (Phi) is 2.29. The molecule has 0 spiro atoms. The normalized spacial score (nSPS) is 10.4. The molecular weight excluding hydrogens is 246 g/mol. The van der Waals surface area contributed by atoms with E-state index in [1.54, 1.807) is 19.2 Å². The Morgan fingerprint density at radius 2 is 2.14 bits per heavy atom. The highest BCUT2D eigenvalue weighted by Gasteiger charge is 2.02. The summed E-state index contributed by atoms with van der Waals surface area (Å²) in [5.74, 6) is 0.714. The molecule has 72 valence electrons. The predicted molar refractivity (Wildman–Crippen MR) is 58.8 cm³/mol. The van der Waals surface area contributed by atoms with Crippen LogP contribution in [0.4, 0.5) is 0 Å². The van der Waals surface area contributed by atoms with Gasteiger partial charge < -0.3 is 9.72 Å². The Balaban J connectivity index is 2.83. The summed E-state index contributed by atoms with van der Waals surface area (Å²) in [6, 6.07) is 6.93. The Labute approximate surface area is 88.8 Å². The van der Waals surface area contributed by atoms with Gasteiger partial charge in [-0.1, -0.05) is 0 Å². The summed E-state index contributed by atoms with van der Waals surface area (Å²) in [4.78, 5) is 13.8. The van der Waals surface area contributed by atoms with Crippen molar-refractivity contribution in [2.45, 2.75) is 0 Å². The quantitative estimate of drug-likeness (QED) is 0.848. The Morgan fingerprint density at radius 1 is 1.36 bits per heavy atom. The molecule has 0 aliphatic carbocycles. The van der Waals surface area contributed by atoms with Crippen LogP contribution in [-0.4, -0.2) is 12.1 Å². The molecule has 2 rings (SSSR count). The van der Waals surface area contributed by atoms with Gasteiger partial charge in [0.05, 0.1) is 12.6 Å². The average Bonchev–Trinajstić information content (AvgIpc) is 2.16. The second kappa shape index (κ2) is 3.46. The molecule has 2 aromatic rings. The van der Waals surface area contributed by atoms with Gasteiger partial charge in [-0.25, -0.2) is 0 Å². The van der Waals surface area contributed by atoms with E-state index in [1.165, 1.54) is 6.07 Å². The summed E-state index contributed by atoms with van der Waals surface area (Å²) in [6.07, 6.45) is 0. The lowest BCUT2D eigenvalue weighted by Gasteiger charge is -2.04. The van der Waals surface area contributed by atoms with Gasteiger partial charge in [0, 0.05) is 22.0 Å². The van der Waals surface area contributed by atoms with Gasteiger partial charge >= 0.3 is 0 Å². The van der Waals surface area contributed by atoms with E-state index in [2.05, 4.69) is 20.9 Å². The highest BCUT2D eigenvalue weighted by Crippen LogP contribution is 2.27. The van der Waals surface area contributed by atoms with Gasteiger partial charge in [0.25, 0.3) is 0 Å². The minimum Gasteiger partial charge on any atom is -0.497 e. The molecule has 0 radical (unpaired) electrons. The van der Waals surface area contributed by atoms with Crippen LogP contribution in [0.2, 0.25) is 0 Å². The molecule has 0 unspecified atom stereocenters. The zero-order valence-electron chi connectivity index (χ0n) is 7.50. The van der Waals surface area contributed by atoms with Crippen LogP contribution in [0.3, 0.4) is 0 Å². The van der Waals surface area contributed by atoms with Crippen LogP contribution in [0.25, 0.3) is 10.9 Å². The van der Waals surface area contributed by atoms with Gasteiger partial charge in [-0.15, -0.1) is 0 Å². The summed E-state index contributed by atoms with van der Waals surface area (Å²) in [5.41, 5.74) is 0.654. The summed E-state index contributed by atoms with van der Waals surface area (Å²) >= 11 is 3.41. The molecule has 1 aromatic heterocycles. The minimum absolute atomic E-state index is 0.113. The second-order valence-corrected chi connectivity index (χ2v) is 3.75. The van der Waals surface area contributed by atoms with Crippen molar-refractivity contribution in [3.63, 3.8) is 0 Å². The third-order valence-electron chi connectivity index (χ3n) is 2.00. The molecule has 3 nitrogen and oxygen atoms in total. The second-order valence-electron chi connectivity index (χ2n) is 2.89. The zero-order valence-corrected chi connectivity index (χ0v) is 9.09. The molecule has 1 N–H and O–H groups in total. The van der Waals surface area contributed by atoms with Gasteiger partial charge in [0.15, 0.2) is 0 Å².